The fourth-order valence-corrected chi connectivity index (χ4v) is 8.56. The number of rotatable bonds is 15. The van der Waals surface area contributed by atoms with Crippen molar-refractivity contribution in [1.82, 2.24) is 14.9 Å². The van der Waals surface area contributed by atoms with Crippen LogP contribution in [-0.2, 0) is 29.1 Å². The van der Waals surface area contributed by atoms with E-state index in [-0.39, 0.29) is 30.9 Å². The minimum absolute atomic E-state index is 0.0185. The summed E-state index contributed by atoms with van der Waals surface area (Å²) in [6, 6.07) is 3.99. The number of thioether (sulfide) groups is 1. The lowest BCUT2D eigenvalue weighted by molar-refractivity contribution is -0.140. The Labute approximate surface area is 284 Å². The van der Waals surface area contributed by atoms with Gasteiger partial charge in [-0.25, -0.2) is 17.6 Å². The van der Waals surface area contributed by atoms with Crippen molar-refractivity contribution in [2.24, 2.45) is 22.7 Å². The number of halogens is 1. The molecule has 15 heteroatoms. The molecule has 12 nitrogen and oxygen atoms in total. The first-order valence-corrected chi connectivity index (χ1v) is 18.7. The number of ether oxygens (including phenoxy) is 1. The van der Waals surface area contributed by atoms with Gasteiger partial charge in [-0.15, -0.1) is 24.9 Å². The predicted octanol–water partition coefficient (Wildman–Crippen LogP) is 3.75. The van der Waals surface area contributed by atoms with Crippen molar-refractivity contribution in [2.75, 3.05) is 31.2 Å². The molecule has 3 aliphatic carbocycles. The van der Waals surface area contributed by atoms with Gasteiger partial charge in [-0.2, -0.15) is 0 Å². The van der Waals surface area contributed by atoms with Gasteiger partial charge in [0.25, 0.3) is 5.91 Å². The Morgan fingerprint density at radius 3 is 2.56 bits per heavy atom. The maximum atomic E-state index is 14.2. The van der Waals surface area contributed by atoms with Crippen molar-refractivity contribution < 1.29 is 36.7 Å². The quantitative estimate of drug-likeness (QED) is 0.184. The lowest BCUT2D eigenvalue weighted by atomic mass is 9.93. The fourth-order valence-electron chi connectivity index (χ4n) is 6.30. The van der Waals surface area contributed by atoms with Crippen molar-refractivity contribution in [3.8, 4) is 0 Å². The number of carbonyl (C=O) groups excluding carboxylic acids is 4. The molecule has 0 aromatic heterocycles. The van der Waals surface area contributed by atoms with Crippen LogP contribution in [0.3, 0.4) is 0 Å². The standard InChI is InChI=1S/C33H42FN5O7S2/c1-4-6-7-8-14-39(3)30(41)26-18-22(46-32(43)36-27-16-21(34)9-12-24(27)29-35-13-15-47-29)17-25(26)28(40)37-33(19-20(33)5-2)31(42)38-48(44,45)23-10-11-23/h4-5,9,12,16,20,22-23,25-26H,1-2,6-8,10-11,13-15,17-19H2,3H3,(H,36,43)(H,37,40)(H,38,42)/t20-,22-,25-,26-,33-/m1/s1. The minimum Gasteiger partial charge on any atom is -0.446 e. The molecule has 3 saturated carbocycles. The van der Waals surface area contributed by atoms with Gasteiger partial charge in [0, 0.05) is 37.4 Å². The summed E-state index contributed by atoms with van der Waals surface area (Å²) in [6.45, 7) is 8.50. The summed E-state index contributed by atoms with van der Waals surface area (Å²) in [7, 11) is -2.23. The van der Waals surface area contributed by atoms with Gasteiger partial charge in [-0.3, -0.25) is 29.4 Å². The molecule has 3 fully saturated rings. The van der Waals surface area contributed by atoms with Gasteiger partial charge in [0.05, 0.1) is 27.8 Å². The third-order valence-electron chi connectivity index (χ3n) is 9.26. The number of allylic oxidation sites excluding steroid dienone is 1. The van der Waals surface area contributed by atoms with Crippen molar-refractivity contribution in [1.29, 1.82) is 0 Å². The van der Waals surface area contributed by atoms with Crippen molar-refractivity contribution in [3.63, 3.8) is 0 Å². The Balaban J connectivity index is 1.31. The molecular weight excluding hydrogens is 662 g/mol. The van der Waals surface area contributed by atoms with E-state index in [0.717, 1.165) is 25.0 Å². The largest absolute Gasteiger partial charge is 0.446 e. The summed E-state index contributed by atoms with van der Waals surface area (Å²) in [5, 5.41) is 5.39. The second-order valence-electron chi connectivity index (χ2n) is 12.8. The number of benzene rings is 1. The number of sulfonamides is 1. The number of carbonyl (C=O) groups is 4. The second kappa shape index (κ2) is 14.8. The fraction of sp³-hybridized carbons (Fsp3) is 0.545. The van der Waals surface area contributed by atoms with E-state index in [2.05, 4.69) is 33.5 Å². The number of hydrogen-bond donors (Lipinski definition) is 3. The number of aliphatic imine (C=N–C) groups is 1. The monoisotopic (exact) mass is 703 g/mol. The lowest BCUT2D eigenvalue weighted by Crippen LogP contribution is -2.54. The molecule has 0 spiro atoms. The normalized spacial score (nSPS) is 26.2. The molecule has 1 aliphatic heterocycles. The van der Waals surface area contributed by atoms with E-state index in [9.17, 15) is 32.0 Å². The van der Waals surface area contributed by atoms with Gasteiger partial charge in [-0.1, -0.05) is 12.2 Å². The molecule has 1 aromatic carbocycles. The molecule has 0 radical (unpaired) electrons. The Morgan fingerprint density at radius 1 is 1.17 bits per heavy atom. The molecule has 48 heavy (non-hydrogen) atoms. The molecule has 260 valence electrons. The minimum atomic E-state index is -3.87. The van der Waals surface area contributed by atoms with Crippen LogP contribution in [0.2, 0.25) is 0 Å². The van der Waals surface area contributed by atoms with Crippen LogP contribution in [0.1, 0.15) is 56.9 Å². The van der Waals surface area contributed by atoms with Crippen molar-refractivity contribution in [3.05, 3.63) is 54.9 Å². The summed E-state index contributed by atoms with van der Waals surface area (Å²) >= 11 is 1.49. The highest BCUT2D eigenvalue weighted by molar-refractivity contribution is 8.14. The van der Waals surface area contributed by atoms with Crippen LogP contribution < -0.4 is 15.4 Å². The summed E-state index contributed by atoms with van der Waals surface area (Å²) in [5.41, 5.74) is -0.777. The van der Waals surface area contributed by atoms with E-state index in [1.807, 2.05) is 0 Å². The van der Waals surface area contributed by atoms with Crippen molar-refractivity contribution in [2.45, 2.75) is 68.3 Å². The van der Waals surface area contributed by atoms with E-state index < -0.39 is 68.4 Å². The van der Waals surface area contributed by atoms with Crippen LogP contribution in [0, 0.1) is 23.6 Å². The Kier molecular flexibility index (Phi) is 11.0. The third kappa shape index (κ3) is 8.11. The van der Waals surface area contributed by atoms with Gasteiger partial charge in [0.15, 0.2) is 0 Å². The summed E-state index contributed by atoms with van der Waals surface area (Å²) < 4.78 is 47.1. The topological polar surface area (TPSA) is 163 Å². The molecule has 3 N–H and O–H groups in total. The molecule has 0 unspecified atom stereocenters. The number of amides is 4. The maximum absolute atomic E-state index is 14.2. The molecular formula is C33H42FN5O7S2. The van der Waals surface area contributed by atoms with Crippen molar-refractivity contribution >= 4 is 56.3 Å². The average molecular weight is 704 g/mol. The smallest absolute Gasteiger partial charge is 0.411 e. The first-order valence-electron chi connectivity index (χ1n) is 16.2. The molecule has 1 heterocycles. The highest BCUT2D eigenvalue weighted by atomic mass is 32.2. The van der Waals surface area contributed by atoms with Crippen LogP contribution in [0.25, 0.3) is 0 Å². The molecule has 0 bridgehead atoms. The number of anilines is 1. The van der Waals surface area contributed by atoms with Gasteiger partial charge >= 0.3 is 6.09 Å². The average Bonchev–Trinajstić information content (AvgIpc) is 3.92. The zero-order chi connectivity index (χ0) is 34.6. The van der Waals surface area contributed by atoms with E-state index in [4.69, 9.17) is 4.74 Å². The highest BCUT2D eigenvalue weighted by Crippen LogP contribution is 2.46. The SMILES string of the molecule is C=CCCCCN(C)C(=O)[C@@H]1C[C@H](OC(=O)Nc2cc(F)ccc2C2=NCCS2)C[C@H]1C(=O)N[C@]1(C(=O)NS(=O)(=O)C2CC2)C[C@H]1C=C. The highest BCUT2D eigenvalue weighted by Gasteiger charge is 2.62. The Bertz CT molecular complexity index is 1610. The van der Waals surface area contributed by atoms with Crippen LogP contribution in [0.5, 0.6) is 0 Å². The van der Waals surface area contributed by atoms with Gasteiger partial charge in [0.2, 0.25) is 21.8 Å². The van der Waals surface area contributed by atoms with Crippen LogP contribution in [0.4, 0.5) is 14.9 Å². The van der Waals surface area contributed by atoms with Crippen LogP contribution in [0.15, 0.2) is 48.5 Å². The molecule has 5 rings (SSSR count). The zero-order valence-electron chi connectivity index (χ0n) is 26.9. The second-order valence-corrected chi connectivity index (χ2v) is 15.8. The number of hydrogen-bond acceptors (Lipinski definition) is 9. The number of nitrogens with zero attached hydrogens (tertiary/aromatic N) is 2. The summed E-state index contributed by atoms with van der Waals surface area (Å²) in [4.78, 5) is 60.0. The number of nitrogens with one attached hydrogen (secondary N) is 3. The molecule has 0 saturated heterocycles. The van der Waals surface area contributed by atoms with E-state index in [1.165, 1.54) is 36.0 Å². The predicted molar refractivity (Wildman–Crippen MR) is 181 cm³/mol. The molecule has 5 atom stereocenters. The lowest BCUT2D eigenvalue weighted by Gasteiger charge is -2.26. The van der Waals surface area contributed by atoms with E-state index in [0.29, 0.717) is 36.5 Å². The molecule has 4 aliphatic rings. The van der Waals surface area contributed by atoms with Crippen LogP contribution >= 0.6 is 11.8 Å². The van der Waals surface area contributed by atoms with Gasteiger partial charge in [-0.05, 0) is 69.6 Å². The Hall–Kier alpha value is -3.72. The first-order chi connectivity index (χ1) is 22.9. The van der Waals surface area contributed by atoms with E-state index in [1.54, 1.807) is 18.0 Å². The Morgan fingerprint density at radius 2 is 1.92 bits per heavy atom. The molecule has 1 aromatic rings. The van der Waals surface area contributed by atoms with Crippen LogP contribution in [-0.4, -0.2) is 85.0 Å². The van der Waals surface area contributed by atoms with Gasteiger partial charge < -0.3 is 15.0 Å². The zero-order valence-corrected chi connectivity index (χ0v) is 28.5. The molecule has 4 amide bonds. The first kappa shape index (κ1) is 35.6. The number of unbranched alkanes of at least 4 members (excludes halogenated alkanes) is 2. The summed E-state index contributed by atoms with van der Waals surface area (Å²) in [5.74, 6) is -3.91. The van der Waals surface area contributed by atoms with Gasteiger partial charge in [0.1, 0.15) is 17.5 Å². The third-order valence-corrected chi connectivity index (χ3v) is 12.1. The maximum Gasteiger partial charge on any atom is 0.411 e. The summed E-state index contributed by atoms with van der Waals surface area (Å²) in [6.07, 6.45) is 5.01. The van der Waals surface area contributed by atoms with E-state index >= 15 is 0 Å².